The van der Waals surface area contributed by atoms with Gasteiger partial charge in [0.15, 0.2) is 5.17 Å². The zero-order chi connectivity index (χ0) is 18.1. The highest BCUT2D eigenvalue weighted by Gasteiger charge is 2.45. The maximum Gasteiger partial charge on any atom is 0.160 e. The molecule has 0 radical (unpaired) electrons. The summed E-state index contributed by atoms with van der Waals surface area (Å²) in [5, 5.41) is 1.16. The number of benzene rings is 1. The lowest BCUT2D eigenvalue weighted by atomic mass is 9.95. The molecule has 2 aliphatic rings. The predicted octanol–water partition coefficient (Wildman–Crippen LogP) is 5.22. The SMILES string of the molecule is CCOc1ccc([C@@H]2[C@H](c3ccccn3)N=C3SC[C@H](CC)N32)cc1Br. The average Bonchev–Trinajstić information content (AvgIpc) is 3.23. The normalized spacial score (nSPS) is 24.5. The molecule has 6 heteroatoms. The van der Waals surface area contributed by atoms with Crippen LogP contribution < -0.4 is 4.74 Å². The largest absolute Gasteiger partial charge is 0.493 e. The molecule has 0 saturated carbocycles. The van der Waals surface area contributed by atoms with E-state index in [0.717, 1.165) is 33.3 Å². The lowest BCUT2D eigenvalue weighted by Crippen LogP contribution is -2.35. The van der Waals surface area contributed by atoms with Crippen LogP contribution in [0.15, 0.2) is 52.1 Å². The van der Waals surface area contributed by atoms with Crippen molar-refractivity contribution in [2.45, 2.75) is 38.4 Å². The molecule has 1 aromatic carbocycles. The standard InChI is InChI=1S/C20H22BrN3OS/c1-3-14-12-26-20-23-18(16-7-5-6-10-22-16)19(24(14)20)13-8-9-17(25-4-2)15(21)11-13/h5-11,14,18-19H,3-4,12H2,1-2H3/t14-,18-,19+/m0/s1. The molecule has 1 fully saturated rings. The second-order valence-electron chi connectivity index (χ2n) is 6.46. The van der Waals surface area contributed by atoms with Gasteiger partial charge in [-0.3, -0.25) is 9.98 Å². The minimum absolute atomic E-state index is 0.0258. The first kappa shape index (κ1) is 17.9. The van der Waals surface area contributed by atoms with Crippen molar-refractivity contribution < 1.29 is 4.74 Å². The molecular weight excluding hydrogens is 410 g/mol. The first-order valence-electron chi connectivity index (χ1n) is 9.05. The highest BCUT2D eigenvalue weighted by Crippen LogP contribution is 2.49. The second-order valence-corrected chi connectivity index (χ2v) is 8.30. The molecule has 0 N–H and O–H groups in total. The van der Waals surface area contributed by atoms with Crippen molar-refractivity contribution in [1.29, 1.82) is 0 Å². The van der Waals surface area contributed by atoms with Gasteiger partial charge in [0.1, 0.15) is 11.8 Å². The molecule has 1 aromatic heterocycles. The Bertz CT molecular complexity index is 814. The fourth-order valence-electron chi connectivity index (χ4n) is 3.68. The molecule has 136 valence electrons. The Morgan fingerprint density at radius 1 is 1.27 bits per heavy atom. The Balaban J connectivity index is 1.76. The minimum Gasteiger partial charge on any atom is -0.493 e. The first-order valence-corrected chi connectivity index (χ1v) is 10.8. The Morgan fingerprint density at radius 2 is 2.15 bits per heavy atom. The van der Waals surface area contributed by atoms with Gasteiger partial charge in [-0.1, -0.05) is 30.8 Å². The molecular formula is C20H22BrN3OS. The molecule has 26 heavy (non-hydrogen) atoms. The van der Waals surface area contributed by atoms with Gasteiger partial charge in [0.05, 0.1) is 22.8 Å². The molecule has 3 atom stereocenters. The lowest BCUT2D eigenvalue weighted by molar-refractivity contribution is 0.255. The van der Waals surface area contributed by atoms with Crippen molar-refractivity contribution in [3.8, 4) is 5.75 Å². The quantitative estimate of drug-likeness (QED) is 0.649. The number of aliphatic imine (C=N–C) groups is 1. The van der Waals surface area contributed by atoms with E-state index in [1.54, 1.807) is 0 Å². The Hall–Kier alpha value is -1.53. The van der Waals surface area contributed by atoms with Crippen molar-refractivity contribution in [1.82, 2.24) is 9.88 Å². The van der Waals surface area contributed by atoms with Crippen LogP contribution in [-0.4, -0.2) is 33.5 Å². The van der Waals surface area contributed by atoms with E-state index in [1.807, 2.05) is 37.0 Å². The third-order valence-electron chi connectivity index (χ3n) is 4.93. The third kappa shape index (κ3) is 3.14. The third-order valence-corrected chi connectivity index (χ3v) is 6.67. The van der Waals surface area contributed by atoms with Gasteiger partial charge >= 0.3 is 0 Å². The van der Waals surface area contributed by atoms with Gasteiger partial charge in [-0.25, -0.2) is 0 Å². The van der Waals surface area contributed by atoms with Crippen LogP contribution in [0.3, 0.4) is 0 Å². The fourth-order valence-corrected chi connectivity index (χ4v) is 5.53. The summed E-state index contributed by atoms with van der Waals surface area (Å²) in [5.74, 6) is 1.99. The molecule has 3 heterocycles. The van der Waals surface area contributed by atoms with Crippen molar-refractivity contribution in [3.05, 3.63) is 58.3 Å². The lowest BCUT2D eigenvalue weighted by Gasteiger charge is -2.32. The number of amidine groups is 1. The summed E-state index contributed by atoms with van der Waals surface area (Å²) in [7, 11) is 0. The number of ether oxygens (including phenoxy) is 1. The van der Waals surface area contributed by atoms with Gasteiger partial charge < -0.3 is 9.64 Å². The van der Waals surface area contributed by atoms with Crippen molar-refractivity contribution >= 4 is 32.9 Å². The van der Waals surface area contributed by atoms with Crippen LogP contribution in [0.5, 0.6) is 5.75 Å². The monoisotopic (exact) mass is 431 g/mol. The maximum absolute atomic E-state index is 5.69. The van der Waals surface area contributed by atoms with Gasteiger partial charge in [0.25, 0.3) is 0 Å². The maximum atomic E-state index is 5.69. The van der Waals surface area contributed by atoms with Crippen LogP contribution in [0, 0.1) is 0 Å². The zero-order valence-electron chi connectivity index (χ0n) is 14.9. The summed E-state index contributed by atoms with van der Waals surface area (Å²) in [6, 6.07) is 13.2. The Labute approximate surface area is 167 Å². The van der Waals surface area contributed by atoms with E-state index in [2.05, 4.69) is 57.0 Å². The number of aromatic nitrogens is 1. The zero-order valence-corrected chi connectivity index (χ0v) is 17.3. The minimum atomic E-state index is 0.0258. The van der Waals surface area contributed by atoms with Gasteiger partial charge in [-0.2, -0.15) is 0 Å². The molecule has 2 aromatic rings. The van der Waals surface area contributed by atoms with E-state index in [0.29, 0.717) is 12.6 Å². The molecule has 4 rings (SSSR count). The number of nitrogens with zero attached hydrogens (tertiary/aromatic N) is 3. The number of halogens is 1. The number of fused-ring (bicyclic) bond motifs is 1. The fraction of sp³-hybridized carbons (Fsp3) is 0.400. The van der Waals surface area contributed by atoms with Crippen molar-refractivity contribution in [2.75, 3.05) is 12.4 Å². The van der Waals surface area contributed by atoms with E-state index >= 15 is 0 Å². The van der Waals surface area contributed by atoms with E-state index in [4.69, 9.17) is 9.73 Å². The molecule has 4 nitrogen and oxygen atoms in total. The number of hydrogen-bond acceptors (Lipinski definition) is 5. The smallest absolute Gasteiger partial charge is 0.160 e. The molecule has 0 amide bonds. The first-order chi connectivity index (χ1) is 12.7. The summed E-state index contributed by atoms with van der Waals surface area (Å²) >= 11 is 5.54. The van der Waals surface area contributed by atoms with Crippen molar-refractivity contribution in [3.63, 3.8) is 0 Å². The van der Waals surface area contributed by atoms with Crippen LogP contribution in [-0.2, 0) is 0 Å². The number of thioether (sulfide) groups is 1. The number of pyridine rings is 1. The van der Waals surface area contributed by atoms with Crippen molar-refractivity contribution in [2.24, 2.45) is 4.99 Å². The summed E-state index contributed by atoms with van der Waals surface area (Å²) in [5.41, 5.74) is 2.27. The molecule has 0 spiro atoms. The average molecular weight is 432 g/mol. The summed E-state index contributed by atoms with van der Waals surface area (Å²) in [6.45, 7) is 4.92. The molecule has 0 unspecified atom stereocenters. The number of hydrogen-bond donors (Lipinski definition) is 0. The van der Waals surface area contributed by atoms with Gasteiger partial charge in [-0.05, 0) is 59.1 Å². The number of rotatable bonds is 5. The van der Waals surface area contributed by atoms with E-state index in [1.165, 1.54) is 5.56 Å². The van der Waals surface area contributed by atoms with Crippen LogP contribution in [0.4, 0.5) is 0 Å². The van der Waals surface area contributed by atoms with E-state index in [-0.39, 0.29) is 12.1 Å². The van der Waals surface area contributed by atoms with Crippen LogP contribution in [0.2, 0.25) is 0 Å². The topological polar surface area (TPSA) is 37.7 Å². The Morgan fingerprint density at radius 3 is 2.85 bits per heavy atom. The molecule has 2 aliphatic heterocycles. The molecule has 1 saturated heterocycles. The van der Waals surface area contributed by atoms with Gasteiger partial charge in [0.2, 0.25) is 0 Å². The van der Waals surface area contributed by atoms with Gasteiger partial charge in [0, 0.05) is 18.0 Å². The highest BCUT2D eigenvalue weighted by atomic mass is 79.9. The molecule has 0 aliphatic carbocycles. The van der Waals surface area contributed by atoms with Crippen LogP contribution >= 0.6 is 27.7 Å². The second kappa shape index (κ2) is 7.61. The summed E-state index contributed by atoms with van der Waals surface area (Å²) in [4.78, 5) is 12.2. The van der Waals surface area contributed by atoms with E-state index < -0.39 is 0 Å². The van der Waals surface area contributed by atoms with Gasteiger partial charge in [-0.15, -0.1) is 0 Å². The Kier molecular flexibility index (Phi) is 5.23. The van der Waals surface area contributed by atoms with Crippen LogP contribution in [0.1, 0.15) is 43.6 Å². The van der Waals surface area contributed by atoms with Crippen LogP contribution in [0.25, 0.3) is 0 Å². The summed E-state index contributed by atoms with van der Waals surface area (Å²) in [6.07, 6.45) is 2.98. The van der Waals surface area contributed by atoms with E-state index in [9.17, 15) is 0 Å². The molecule has 0 bridgehead atoms. The summed E-state index contributed by atoms with van der Waals surface area (Å²) < 4.78 is 6.68. The predicted molar refractivity (Wildman–Crippen MR) is 111 cm³/mol. The highest BCUT2D eigenvalue weighted by molar-refractivity contribution is 9.10.